The van der Waals surface area contributed by atoms with Crippen molar-refractivity contribution < 1.29 is 0 Å². The van der Waals surface area contributed by atoms with Crippen molar-refractivity contribution in [3.05, 3.63) is 30.3 Å². The predicted molar refractivity (Wildman–Crippen MR) is 42.4 cm³/mol. The summed E-state index contributed by atoms with van der Waals surface area (Å²) in [5, 5.41) is 0. The Hall–Kier alpha value is -0.222. The van der Waals surface area contributed by atoms with Crippen LogP contribution in [0.4, 0.5) is 0 Å². The molecule has 0 nitrogen and oxygen atoms in total. The van der Waals surface area contributed by atoms with Crippen molar-refractivity contribution in [2.75, 3.05) is 0 Å². The molecule has 0 amide bonds. The van der Waals surface area contributed by atoms with Gasteiger partial charge in [0.1, 0.15) is 0 Å². The van der Waals surface area contributed by atoms with Gasteiger partial charge in [0.2, 0.25) is 0 Å². The maximum atomic E-state index is 3.08. The van der Waals surface area contributed by atoms with Gasteiger partial charge in [0.05, 0.1) is 0 Å². The van der Waals surface area contributed by atoms with E-state index in [1.54, 1.807) is 0 Å². The third-order valence-electron chi connectivity index (χ3n) is 1.21. The average molecular weight is 181 g/mol. The molecule has 1 radical (unpaired) electrons. The molecule has 47 valence electrons. The molecule has 0 saturated heterocycles. The SMILES string of the molecule is C[As](C)c1c[c]ccc1. The van der Waals surface area contributed by atoms with Gasteiger partial charge in [-0.3, -0.25) is 0 Å². The van der Waals surface area contributed by atoms with Crippen LogP contribution in [0.2, 0.25) is 11.4 Å². The van der Waals surface area contributed by atoms with Gasteiger partial charge < -0.3 is 0 Å². The molecule has 9 heavy (non-hydrogen) atoms. The van der Waals surface area contributed by atoms with Crippen LogP contribution < -0.4 is 4.35 Å². The second-order valence-corrected chi connectivity index (χ2v) is 6.99. The Labute approximate surface area is 61.2 Å². The summed E-state index contributed by atoms with van der Waals surface area (Å²) in [6.45, 7) is 0. The molecule has 0 fully saturated rings. The van der Waals surface area contributed by atoms with E-state index in [4.69, 9.17) is 0 Å². The van der Waals surface area contributed by atoms with E-state index in [1.165, 1.54) is 4.35 Å². The molecule has 0 saturated carbocycles. The molecule has 0 atom stereocenters. The van der Waals surface area contributed by atoms with Gasteiger partial charge in [0.15, 0.2) is 0 Å². The van der Waals surface area contributed by atoms with E-state index in [-0.39, 0.29) is 0 Å². The predicted octanol–water partition coefficient (Wildman–Crippen LogP) is 1.45. The van der Waals surface area contributed by atoms with Crippen molar-refractivity contribution in [3.8, 4) is 0 Å². The maximum absolute atomic E-state index is 3.08. The number of benzene rings is 1. The second kappa shape index (κ2) is 3.08. The Bertz CT molecular complexity index is 167. The molecule has 1 aromatic rings. The van der Waals surface area contributed by atoms with Crippen LogP contribution in [0.25, 0.3) is 0 Å². The Kier molecular flexibility index (Phi) is 2.36. The number of rotatable bonds is 1. The summed E-state index contributed by atoms with van der Waals surface area (Å²) in [6.07, 6.45) is 0. The molecule has 0 heterocycles. The Balaban J connectivity index is 2.85. The molecule has 0 aliphatic heterocycles. The minimum atomic E-state index is -0.619. The second-order valence-electron chi connectivity index (χ2n) is 2.16. The van der Waals surface area contributed by atoms with Crippen molar-refractivity contribution in [2.24, 2.45) is 0 Å². The first-order valence-electron chi connectivity index (χ1n) is 2.94. The molecule has 0 spiro atoms. The summed E-state index contributed by atoms with van der Waals surface area (Å²) in [5.74, 6) is 0. The first-order chi connectivity index (χ1) is 4.30. The van der Waals surface area contributed by atoms with Crippen LogP contribution in [0.1, 0.15) is 0 Å². The summed E-state index contributed by atoms with van der Waals surface area (Å²) >= 11 is -0.619. The van der Waals surface area contributed by atoms with E-state index >= 15 is 0 Å². The summed E-state index contributed by atoms with van der Waals surface area (Å²) in [6, 6.07) is 11.4. The minimum absolute atomic E-state index is 0.619. The zero-order valence-corrected chi connectivity index (χ0v) is 7.63. The molecule has 0 aromatic heterocycles. The standard InChI is InChI=1S/C8H10As/c1-9(2)8-6-4-3-5-7-8/h3-4,6-7H,1-2H3. The van der Waals surface area contributed by atoms with Crippen molar-refractivity contribution >= 4 is 19.0 Å². The number of hydrogen-bond donors (Lipinski definition) is 0. The fraction of sp³-hybridized carbons (Fsp3) is 0.250. The first-order valence-corrected chi connectivity index (χ1v) is 7.63. The summed E-state index contributed by atoms with van der Waals surface area (Å²) in [5.41, 5.74) is 4.66. The first kappa shape index (κ1) is 6.89. The van der Waals surface area contributed by atoms with Gasteiger partial charge >= 0.3 is 60.8 Å². The molecule has 0 aliphatic rings. The fourth-order valence-electron chi connectivity index (χ4n) is 0.662. The van der Waals surface area contributed by atoms with Crippen LogP contribution in [-0.2, 0) is 0 Å². The molecule has 0 N–H and O–H groups in total. The van der Waals surface area contributed by atoms with Gasteiger partial charge in [-0.1, -0.05) is 0 Å². The van der Waals surface area contributed by atoms with Crippen LogP contribution in [-0.4, -0.2) is 14.7 Å². The molecule has 1 heteroatoms. The van der Waals surface area contributed by atoms with Crippen molar-refractivity contribution in [2.45, 2.75) is 11.4 Å². The molecule has 1 aromatic carbocycles. The monoisotopic (exact) mass is 181 g/mol. The molecule has 0 unspecified atom stereocenters. The van der Waals surface area contributed by atoms with Gasteiger partial charge in [0, 0.05) is 0 Å². The fourth-order valence-corrected chi connectivity index (χ4v) is 2.17. The van der Waals surface area contributed by atoms with Gasteiger partial charge in [-0.15, -0.1) is 0 Å². The number of hydrogen-bond acceptors (Lipinski definition) is 0. The third-order valence-corrected chi connectivity index (χ3v) is 3.96. The Morgan fingerprint density at radius 2 is 2.22 bits per heavy atom. The van der Waals surface area contributed by atoms with E-state index in [0.29, 0.717) is 0 Å². The van der Waals surface area contributed by atoms with Crippen molar-refractivity contribution in [3.63, 3.8) is 0 Å². The van der Waals surface area contributed by atoms with E-state index in [0.717, 1.165) is 0 Å². The van der Waals surface area contributed by atoms with E-state index in [1.807, 2.05) is 6.07 Å². The average Bonchev–Trinajstić information content (AvgIpc) is 1.90. The van der Waals surface area contributed by atoms with E-state index in [9.17, 15) is 0 Å². The van der Waals surface area contributed by atoms with Gasteiger partial charge in [-0.2, -0.15) is 0 Å². The molecular formula is C8H10As. The van der Waals surface area contributed by atoms with Crippen LogP contribution in [0.5, 0.6) is 0 Å². The quantitative estimate of drug-likeness (QED) is 0.575. The zero-order valence-electron chi connectivity index (χ0n) is 5.76. The van der Waals surface area contributed by atoms with Crippen LogP contribution in [0.15, 0.2) is 24.3 Å². The van der Waals surface area contributed by atoms with Crippen LogP contribution in [0, 0.1) is 6.07 Å². The molecular weight excluding hydrogens is 171 g/mol. The molecule has 0 aliphatic carbocycles. The van der Waals surface area contributed by atoms with Crippen LogP contribution in [0.3, 0.4) is 0 Å². The normalized spacial score (nSPS) is 10.1. The van der Waals surface area contributed by atoms with Gasteiger partial charge in [0.25, 0.3) is 0 Å². The van der Waals surface area contributed by atoms with Gasteiger partial charge in [-0.05, 0) is 0 Å². The summed E-state index contributed by atoms with van der Waals surface area (Å²) < 4.78 is 1.50. The van der Waals surface area contributed by atoms with Crippen molar-refractivity contribution in [1.29, 1.82) is 0 Å². The summed E-state index contributed by atoms with van der Waals surface area (Å²) in [7, 11) is 0. The Morgan fingerprint density at radius 1 is 1.44 bits per heavy atom. The Morgan fingerprint density at radius 3 is 2.56 bits per heavy atom. The third kappa shape index (κ3) is 1.87. The topological polar surface area (TPSA) is 0 Å². The molecule has 1 rings (SSSR count). The zero-order chi connectivity index (χ0) is 6.69. The molecule has 0 bridgehead atoms. The van der Waals surface area contributed by atoms with E-state index in [2.05, 4.69) is 35.7 Å². The van der Waals surface area contributed by atoms with Gasteiger partial charge in [-0.25, -0.2) is 0 Å². The van der Waals surface area contributed by atoms with Crippen LogP contribution >= 0.6 is 0 Å². The van der Waals surface area contributed by atoms with Crippen molar-refractivity contribution in [1.82, 2.24) is 0 Å². The summed E-state index contributed by atoms with van der Waals surface area (Å²) in [4.78, 5) is 0. The van der Waals surface area contributed by atoms with E-state index < -0.39 is 14.7 Å².